The first-order valence-electron chi connectivity index (χ1n) is 7.57. The molecule has 1 heterocycles. The number of fused-ring (bicyclic) bond motifs is 1. The van der Waals surface area contributed by atoms with Gasteiger partial charge in [-0.05, 0) is 42.5 Å². The van der Waals surface area contributed by atoms with E-state index < -0.39 is 0 Å². The minimum atomic E-state index is -0.279. The number of nitrogens with two attached hydrogens (primary N) is 2. The highest BCUT2D eigenvalue weighted by Gasteiger charge is 2.08. The number of carbonyl (C=O) groups is 1. The Labute approximate surface area is 125 Å². The molecule has 0 fully saturated rings. The van der Waals surface area contributed by atoms with Gasteiger partial charge in [-0.1, -0.05) is 31.9 Å². The molecule has 0 atom stereocenters. The Morgan fingerprint density at radius 2 is 2.00 bits per heavy atom. The summed E-state index contributed by atoms with van der Waals surface area (Å²) < 4.78 is 0. The number of primary amides is 1. The zero-order valence-electron chi connectivity index (χ0n) is 12.6. The van der Waals surface area contributed by atoms with Crippen molar-refractivity contribution in [3.63, 3.8) is 0 Å². The Morgan fingerprint density at radius 3 is 2.71 bits per heavy atom. The van der Waals surface area contributed by atoms with Gasteiger partial charge in [0.05, 0.1) is 5.52 Å². The van der Waals surface area contributed by atoms with Gasteiger partial charge in [-0.25, -0.2) is 4.98 Å². The van der Waals surface area contributed by atoms with E-state index in [-0.39, 0.29) is 5.91 Å². The van der Waals surface area contributed by atoms with E-state index in [9.17, 15) is 4.79 Å². The maximum absolute atomic E-state index is 11.0. The number of nitrogen functional groups attached to an aromatic ring is 1. The van der Waals surface area contributed by atoms with Crippen LogP contribution in [0.15, 0.2) is 24.3 Å². The fourth-order valence-electron chi connectivity index (χ4n) is 2.55. The molecular weight excluding hydrogens is 262 g/mol. The minimum Gasteiger partial charge on any atom is -0.383 e. The first-order chi connectivity index (χ1) is 10.1. The molecule has 0 radical (unpaired) electrons. The van der Waals surface area contributed by atoms with E-state index in [1.54, 1.807) is 0 Å². The van der Waals surface area contributed by atoms with Crippen LogP contribution < -0.4 is 11.5 Å². The number of aromatic nitrogens is 1. The van der Waals surface area contributed by atoms with Gasteiger partial charge in [0.1, 0.15) is 5.82 Å². The van der Waals surface area contributed by atoms with Crippen molar-refractivity contribution in [2.24, 2.45) is 5.73 Å². The molecule has 4 heteroatoms. The van der Waals surface area contributed by atoms with E-state index >= 15 is 0 Å². The van der Waals surface area contributed by atoms with E-state index in [4.69, 9.17) is 11.5 Å². The average molecular weight is 285 g/mol. The van der Waals surface area contributed by atoms with Crippen molar-refractivity contribution in [1.82, 2.24) is 4.98 Å². The lowest BCUT2D eigenvalue weighted by Gasteiger charge is -2.10. The number of benzene rings is 1. The topological polar surface area (TPSA) is 82.0 Å². The van der Waals surface area contributed by atoms with Crippen LogP contribution in [0.2, 0.25) is 0 Å². The Hall–Kier alpha value is -2.10. The van der Waals surface area contributed by atoms with Gasteiger partial charge in [0.25, 0.3) is 0 Å². The summed E-state index contributed by atoms with van der Waals surface area (Å²) in [6.45, 7) is 2.18. The van der Waals surface area contributed by atoms with Crippen LogP contribution in [-0.4, -0.2) is 10.9 Å². The molecule has 0 saturated heterocycles. The van der Waals surface area contributed by atoms with E-state index in [2.05, 4.69) is 18.0 Å². The van der Waals surface area contributed by atoms with Crippen LogP contribution in [0.4, 0.5) is 5.82 Å². The Kier molecular flexibility index (Phi) is 5.14. The van der Waals surface area contributed by atoms with Gasteiger partial charge in [0.2, 0.25) is 5.91 Å². The number of pyridine rings is 1. The van der Waals surface area contributed by atoms with Crippen LogP contribution in [-0.2, 0) is 17.6 Å². The number of amides is 1. The van der Waals surface area contributed by atoms with Gasteiger partial charge in [-0.2, -0.15) is 0 Å². The van der Waals surface area contributed by atoms with E-state index in [1.165, 1.54) is 12.8 Å². The normalized spacial score (nSPS) is 10.9. The summed E-state index contributed by atoms with van der Waals surface area (Å²) in [7, 11) is 0. The zero-order valence-corrected chi connectivity index (χ0v) is 12.6. The van der Waals surface area contributed by atoms with Crippen molar-refractivity contribution in [1.29, 1.82) is 0 Å². The largest absolute Gasteiger partial charge is 0.383 e. The number of nitrogens with zero attached hydrogens (tertiary/aromatic N) is 1. The lowest BCUT2D eigenvalue weighted by atomic mass is 10.00. The molecule has 0 unspecified atom stereocenters. The van der Waals surface area contributed by atoms with Gasteiger partial charge in [-0.3, -0.25) is 4.79 Å². The maximum Gasteiger partial charge on any atom is 0.217 e. The van der Waals surface area contributed by atoms with Crippen molar-refractivity contribution in [3.05, 3.63) is 35.4 Å². The van der Waals surface area contributed by atoms with Crippen LogP contribution in [0, 0.1) is 0 Å². The quantitative estimate of drug-likeness (QED) is 0.767. The molecule has 0 spiro atoms. The van der Waals surface area contributed by atoms with E-state index in [0.29, 0.717) is 18.7 Å². The maximum atomic E-state index is 11.0. The zero-order chi connectivity index (χ0) is 15.2. The van der Waals surface area contributed by atoms with Crippen molar-refractivity contribution in [3.8, 4) is 0 Å². The Bertz CT molecular complexity index is 637. The molecule has 21 heavy (non-hydrogen) atoms. The average Bonchev–Trinajstić information content (AvgIpc) is 2.45. The number of hydrogen-bond donors (Lipinski definition) is 2. The van der Waals surface area contributed by atoms with Crippen molar-refractivity contribution in [2.45, 2.75) is 45.4 Å². The van der Waals surface area contributed by atoms with Crippen LogP contribution in [0.5, 0.6) is 0 Å². The number of anilines is 1. The van der Waals surface area contributed by atoms with Gasteiger partial charge < -0.3 is 11.5 Å². The summed E-state index contributed by atoms with van der Waals surface area (Å²) in [5.41, 5.74) is 14.4. The summed E-state index contributed by atoms with van der Waals surface area (Å²) in [4.78, 5) is 15.5. The lowest BCUT2D eigenvalue weighted by molar-refractivity contribution is -0.117. The van der Waals surface area contributed by atoms with Gasteiger partial charge in [-0.15, -0.1) is 0 Å². The third-order valence-electron chi connectivity index (χ3n) is 3.75. The van der Waals surface area contributed by atoms with Gasteiger partial charge in [0, 0.05) is 11.8 Å². The second-order valence-corrected chi connectivity index (χ2v) is 5.44. The molecule has 1 aromatic carbocycles. The number of carbonyl (C=O) groups excluding carboxylic acids is 1. The molecule has 2 aromatic rings. The number of unbranched alkanes of at least 4 members (excludes halogenated alkanes) is 2. The first kappa shape index (κ1) is 15.3. The molecule has 0 aliphatic rings. The molecule has 2 rings (SSSR count). The van der Waals surface area contributed by atoms with Crippen LogP contribution >= 0.6 is 0 Å². The van der Waals surface area contributed by atoms with Crippen molar-refractivity contribution >= 4 is 22.6 Å². The fraction of sp³-hybridized carbons (Fsp3) is 0.412. The third-order valence-corrected chi connectivity index (χ3v) is 3.75. The summed E-state index contributed by atoms with van der Waals surface area (Å²) in [5, 5.41) is 1.08. The van der Waals surface area contributed by atoms with Crippen molar-refractivity contribution < 1.29 is 4.79 Å². The summed E-state index contributed by atoms with van der Waals surface area (Å²) >= 11 is 0. The first-order valence-corrected chi connectivity index (χ1v) is 7.57. The second-order valence-electron chi connectivity index (χ2n) is 5.44. The van der Waals surface area contributed by atoms with E-state index in [1.807, 2.05) is 18.2 Å². The number of rotatable bonds is 7. The Balaban J connectivity index is 2.32. The molecule has 4 N–H and O–H groups in total. The molecule has 0 bridgehead atoms. The van der Waals surface area contributed by atoms with Crippen LogP contribution in [0.25, 0.3) is 10.9 Å². The minimum absolute atomic E-state index is 0.279. The standard InChI is InChI=1S/C17H23N3O/c1-2-3-4-6-13-11-14-12(9-10-16(18)21)7-5-8-15(14)20-17(13)19/h5,7-8,11H,2-4,6,9-10H2,1H3,(H2,18,21)(H2,19,20). The molecular formula is C17H23N3O. The SMILES string of the molecule is CCCCCc1cc2c(CCC(N)=O)cccc2nc1N. The highest BCUT2D eigenvalue weighted by molar-refractivity contribution is 5.85. The highest BCUT2D eigenvalue weighted by Crippen LogP contribution is 2.24. The predicted molar refractivity (Wildman–Crippen MR) is 86.9 cm³/mol. The molecule has 0 saturated carbocycles. The monoisotopic (exact) mass is 285 g/mol. The van der Waals surface area contributed by atoms with E-state index in [0.717, 1.165) is 34.9 Å². The fourth-order valence-corrected chi connectivity index (χ4v) is 2.55. The summed E-state index contributed by atoms with van der Waals surface area (Å²) in [5.74, 6) is 0.337. The molecule has 0 aliphatic carbocycles. The molecule has 112 valence electrons. The molecule has 4 nitrogen and oxygen atoms in total. The molecule has 1 aromatic heterocycles. The van der Waals surface area contributed by atoms with Crippen LogP contribution in [0.1, 0.15) is 43.7 Å². The summed E-state index contributed by atoms with van der Waals surface area (Å²) in [6, 6.07) is 8.06. The molecule has 0 aliphatic heterocycles. The molecule has 1 amide bonds. The second kappa shape index (κ2) is 7.07. The predicted octanol–water partition coefficient (Wildman–Crippen LogP) is 2.97. The number of hydrogen-bond acceptors (Lipinski definition) is 3. The lowest BCUT2D eigenvalue weighted by Crippen LogP contribution is -2.11. The Morgan fingerprint density at radius 1 is 1.19 bits per heavy atom. The van der Waals surface area contributed by atoms with Gasteiger partial charge in [0.15, 0.2) is 0 Å². The number of aryl methyl sites for hydroxylation is 2. The van der Waals surface area contributed by atoms with Crippen molar-refractivity contribution in [2.75, 3.05) is 5.73 Å². The highest BCUT2D eigenvalue weighted by atomic mass is 16.1. The smallest absolute Gasteiger partial charge is 0.217 e. The summed E-state index contributed by atoms with van der Waals surface area (Å²) in [6.07, 6.45) is 5.46. The third kappa shape index (κ3) is 3.94. The van der Waals surface area contributed by atoms with Gasteiger partial charge >= 0.3 is 0 Å². The van der Waals surface area contributed by atoms with Crippen LogP contribution in [0.3, 0.4) is 0 Å².